The Morgan fingerprint density at radius 2 is 2.00 bits per heavy atom. The molecule has 0 heterocycles. The molecule has 0 aliphatic carbocycles. The van der Waals surface area contributed by atoms with E-state index in [4.69, 9.17) is 10.2 Å². The molecule has 16 heavy (non-hydrogen) atoms. The molecule has 3 nitrogen and oxygen atoms in total. The summed E-state index contributed by atoms with van der Waals surface area (Å²) in [5.41, 5.74) is 1.70. The van der Waals surface area contributed by atoms with Crippen LogP contribution in [0.2, 0.25) is 0 Å². The third-order valence-electron chi connectivity index (χ3n) is 1.29. The second-order valence-electron chi connectivity index (χ2n) is 2.54. The maximum Gasteiger partial charge on any atom is 0.407 e. The fourth-order valence-corrected chi connectivity index (χ4v) is 0.668. The van der Waals surface area contributed by atoms with Gasteiger partial charge in [-0.05, 0) is 12.2 Å². The Morgan fingerprint density at radius 3 is 2.44 bits per heavy atom. The van der Waals surface area contributed by atoms with Crippen molar-refractivity contribution < 1.29 is 23.4 Å². The van der Waals surface area contributed by atoms with Crippen LogP contribution >= 0.6 is 0 Å². The van der Waals surface area contributed by atoms with Gasteiger partial charge in [0.25, 0.3) is 0 Å². The quantitative estimate of drug-likeness (QED) is 0.339. The van der Waals surface area contributed by atoms with Crippen molar-refractivity contribution in [3.05, 3.63) is 42.6 Å². The fraction of sp³-hybridized carbons (Fsp3) is 0.200. The molecule has 0 aromatic carbocycles. The molecule has 0 aromatic heterocycles. The largest absolute Gasteiger partial charge is 0.516 e. The first-order chi connectivity index (χ1) is 7.40. The van der Waals surface area contributed by atoms with Crippen LogP contribution in [-0.2, 0) is 0 Å². The molecule has 88 valence electrons. The fourth-order valence-electron chi connectivity index (χ4n) is 0.668. The summed E-state index contributed by atoms with van der Waals surface area (Å²) in [5, 5.41) is 17.4. The van der Waals surface area contributed by atoms with E-state index in [9.17, 15) is 13.2 Å². The van der Waals surface area contributed by atoms with Crippen LogP contribution in [-0.4, -0.2) is 28.6 Å². The number of rotatable bonds is 4. The number of alkyl halides is 3. The third-order valence-corrected chi connectivity index (χ3v) is 1.29. The van der Waals surface area contributed by atoms with Gasteiger partial charge < -0.3 is 10.2 Å². The lowest BCUT2D eigenvalue weighted by molar-refractivity contribution is -0.118. The van der Waals surface area contributed by atoms with Gasteiger partial charge in [-0.25, -0.2) is 0 Å². The number of hydrogen-bond donors (Lipinski definition) is 2. The average Bonchev–Trinajstić information content (AvgIpc) is 2.20. The Hall–Kier alpha value is -1.94. The molecule has 0 radical (unpaired) electrons. The molecule has 0 spiro atoms. The molecule has 0 saturated heterocycles. The van der Waals surface area contributed by atoms with E-state index in [1.807, 2.05) is 5.73 Å². The van der Waals surface area contributed by atoms with E-state index in [1.54, 1.807) is 0 Å². The number of aliphatic hydroxyl groups is 2. The van der Waals surface area contributed by atoms with Crippen LogP contribution in [0.25, 0.3) is 0 Å². The number of nitrogens with zero attached hydrogens (tertiary/aromatic N) is 1. The van der Waals surface area contributed by atoms with Crippen LogP contribution in [0.5, 0.6) is 0 Å². The van der Waals surface area contributed by atoms with Crippen LogP contribution in [0.4, 0.5) is 13.2 Å². The monoisotopic (exact) mass is 233 g/mol. The molecule has 0 saturated carbocycles. The summed E-state index contributed by atoms with van der Waals surface area (Å²) in [6.45, 7) is 1.66. The number of aliphatic imine (C=N–C) groups is 1. The predicted octanol–water partition coefficient (Wildman–Crippen LogP) is 2.84. The number of aliphatic hydroxyl groups excluding tert-OH is 2. The normalized spacial score (nSPS) is 13.3. The van der Waals surface area contributed by atoms with Gasteiger partial charge in [0.1, 0.15) is 12.3 Å². The van der Waals surface area contributed by atoms with E-state index < -0.39 is 18.5 Å². The van der Waals surface area contributed by atoms with Crippen molar-refractivity contribution in [1.82, 2.24) is 0 Å². The summed E-state index contributed by atoms with van der Waals surface area (Å²) in [5.74, 6) is -0.591. The van der Waals surface area contributed by atoms with Crippen LogP contribution in [0, 0.1) is 0 Å². The lowest BCUT2D eigenvalue weighted by atomic mass is 10.3. The van der Waals surface area contributed by atoms with Gasteiger partial charge in [0.15, 0.2) is 5.76 Å². The number of halogens is 3. The van der Waals surface area contributed by atoms with Gasteiger partial charge in [0, 0.05) is 0 Å². The van der Waals surface area contributed by atoms with Gasteiger partial charge in [-0.1, -0.05) is 18.4 Å². The maximum absolute atomic E-state index is 11.9. The smallest absolute Gasteiger partial charge is 0.407 e. The van der Waals surface area contributed by atoms with Gasteiger partial charge in [-0.15, -0.1) is 0 Å². The summed E-state index contributed by atoms with van der Waals surface area (Å²) in [7, 11) is 0. The lowest BCUT2D eigenvalue weighted by Crippen LogP contribution is -2.14. The molecule has 0 atom stereocenters. The van der Waals surface area contributed by atoms with Crippen molar-refractivity contribution in [3.63, 3.8) is 0 Å². The Morgan fingerprint density at radius 1 is 1.38 bits per heavy atom. The van der Waals surface area contributed by atoms with Crippen LogP contribution < -0.4 is 0 Å². The third kappa shape index (κ3) is 6.50. The Bertz CT molecular complexity index is 361. The first-order valence-corrected chi connectivity index (χ1v) is 4.08. The van der Waals surface area contributed by atoms with Gasteiger partial charge in [0.2, 0.25) is 0 Å². The summed E-state index contributed by atoms with van der Waals surface area (Å²) in [4.78, 5) is 3.14. The molecule has 0 aliphatic heterocycles. The minimum absolute atomic E-state index is 0.314. The maximum atomic E-state index is 11.9. The van der Waals surface area contributed by atoms with E-state index in [0.717, 1.165) is 12.2 Å². The van der Waals surface area contributed by atoms with E-state index in [-0.39, 0.29) is 5.71 Å². The van der Waals surface area contributed by atoms with Crippen molar-refractivity contribution in [3.8, 4) is 0 Å². The molecule has 2 N–H and O–H groups in total. The minimum atomic E-state index is -4.45. The molecule has 0 amide bonds. The second-order valence-corrected chi connectivity index (χ2v) is 2.54. The minimum Gasteiger partial charge on any atom is -0.516 e. The van der Waals surface area contributed by atoms with Gasteiger partial charge in [-0.3, -0.25) is 4.99 Å². The molecule has 0 aromatic rings. The van der Waals surface area contributed by atoms with E-state index in [0.29, 0.717) is 6.26 Å². The predicted molar refractivity (Wildman–Crippen MR) is 54.5 cm³/mol. The Labute approximate surface area is 90.2 Å². The van der Waals surface area contributed by atoms with Crippen LogP contribution in [0.1, 0.15) is 0 Å². The zero-order valence-corrected chi connectivity index (χ0v) is 8.20. The molecule has 0 fully saturated rings. The van der Waals surface area contributed by atoms with Crippen molar-refractivity contribution in [2.24, 2.45) is 4.99 Å². The van der Waals surface area contributed by atoms with Crippen molar-refractivity contribution in [2.75, 3.05) is 6.54 Å². The lowest BCUT2D eigenvalue weighted by Gasteiger charge is -2.02. The molecule has 0 unspecified atom stereocenters. The molecule has 0 aliphatic rings. The summed E-state index contributed by atoms with van der Waals surface area (Å²) in [6, 6.07) is 0. The molecule has 0 rings (SSSR count). The van der Waals surface area contributed by atoms with E-state index in [1.165, 1.54) is 6.08 Å². The van der Waals surface area contributed by atoms with Crippen molar-refractivity contribution >= 4 is 5.71 Å². The van der Waals surface area contributed by atoms with Gasteiger partial charge in [0.05, 0.1) is 6.26 Å². The standard InChI is InChI=1S/C10H10F3NO2/c1-2-9(16)8(5-3-4-6-15)14-7-10(11,12)13/h3-6,15-16H,1,7H2/b5-3-,6-4+,14-8+. The Kier molecular flexibility index (Phi) is 5.74. The Balaban J connectivity index is 4.88. The highest BCUT2D eigenvalue weighted by Gasteiger charge is 2.26. The van der Waals surface area contributed by atoms with Crippen LogP contribution in [0.15, 0.2) is 47.6 Å². The summed E-state index contributed by atoms with van der Waals surface area (Å²) >= 11 is 0. The summed E-state index contributed by atoms with van der Waals surface area (Å²) < 4.78 is 35.6. The summed E-state index contributed by atoms with van der Waals surface area (Å²) in [6.07, 6.45) is -0.311. The number of allylic oxidation sites excluding steroid dienone is 3. The first kappa shape index (κ1) is 14.1. The SMILES string of the molecule is C=C=C(O)C(/C=C\C=C\O)=N/CC(F)(F)F. The average molecular weight is 233 g/mol. The zero-order chi connectivity index (χ0) is 12.6. The second kappa shape index (κ2) is 6.53. The topological polar surface area (TPSA) is 52.8 Å². The van der Waals surface area contributed by atoms with Gasteiger partial charge >= 0.3 is 6.18 Å². The van der Waals surface area contributed by atoms with Crippen LogP contribution in [0.3, 0.4) is 0 Å². The molecular formula is C10H10F3NO2. The highest BCUT2D eigenvalue weighted by Crippen LogP contribution is 2.15. The highest BCUT2D eigenvalue weighted by atomic mass is 19.4. The zero-order valence-electron chi connectivity index (χ0n) is 8.20. The first-order valence-electron chi connectivity index (χ1n) is 4.08. The highest BCUT2D eigenvalue weighted by molar-refractivity contribution is 6.06. The van der Waals surface area contributed by atoms with E-state index >= 15 is 0 Å². The van der Waals surface area contributed by atoms with Gasteiger partial charge in [-0.2, -0.15) is 13.2 Å². The van der Waals surface area contributed by atoms with Crippen molar-refractivity contribution in [2.45, 2.75) is 6.18 Å². The number of hydrogen-bond acceptors (Lipinski definition) is 3. The van der Waals surface area contributed by atoms with Crippen molar-refractivity contribution in [1.29, 1.82) is 0 Å². The van der Waals surface area contributed by atoms with E-state index in [2.05, 4.69) is 11.6 Å². The molecule has 6 heteroatoms. The molecule has 0 bridgehead atoms. The molecular weight excluding hydrogens is 223 g/mol.